The Bertz CT molecular complexity index is 354. The van der Waals surface area contributed by atoms with Crippen LogP contribution >= 0.6 is 15.9 Å². The van der Waals surface area contributed by atoms with Gasteiger partial charge in [-0.3, -0.25) is 4.90 Å². The molecule has 0 bridgehead atoms. The summed E-state index contributed by atoms with van der Waals surface area (Å²) in [5.41, 5.74) is 1.09. The first-order valence-corrected chi connectivity index (χ1v) is 7.43. The van der Waals surface area contributed by atoms with Crippen molar-refractivity contribution in [1.29, 1.82) is 0 Å². The van der Waals surface area contributed by atoms with Gasteiger partial charge in [0, 0.05) is 18.4 Å². The van der Waals surface area contributed by atoms with Crippen molar-refractivity contribution in [3.63, 3.8) is 0 Å². The maximum absolute atomic E-state index is 13.1. The SMILES string of the molecule is Fc1cccc(CN2CCCC(CCBr)C2)c1. The van der Waals surface area contributed by atoms with Crippen molar-refractivity contribution in [2.75, 3.05) is 18.4 Å². The molecule has 1 heterocycles. The fourth-order valence-corrected chi connectivity index (χ4v) is 3.23. The standard InChI is InChI=1S/C14H19BrFN/c15-7-6-12-4-2-8-17(10-12)11-13-3-1-5-14(16)9-13/h1,3,5,9,12H,2,4,6-8,10-11H2. The van der Waals surface area contributed by atoms with Crippen molar-refractivity contribution in [3.8, 4) is 0 Å². The van der Waals surface area contributed by atoms with Gasteiger partial charge >= 0.3 is 0 Å². The van der Waals surface area contributed by atoms with Crippen LogP contribution in [0.1, 0.15) is 24.8 Å². The minimum atomic E-state index is -0.128. The number of rotatable bonds is 4. The van der Waals surface area contributed by atoms with E-state index in [-0.39, 0.29) is 5.82 Å². The first-order valence-electron chi connectivity index (χ1n) is 6.30. The minimum absolute atomic E-state index is 0.128. The lowest BCUT2D eigenvalue weighted by Gasteiger charge is -2.32. The molecule has 0 aliphatic carbocycles. The quantitative estimate of drug-likeness (QED) is 0.764. The molecule has 1 fully saturated rings. The zero-order valence-corrected chi connectivity index (χ0v) is 11.6. The predicted octanol–water partition coefficient (Wildman–Crippen LogP) is 3.82. The molecule has 0 aromatic heterocycles. The Labute approximate surface area is 111 Å². The van der Waals surface area contributed by atoms with E-state index in [2.05, 4.69) is 20.8 Å². The third-order valence-electron chi connectivity index (χ3n) is 3.42. The van der Waals surface area contributed by atoms with E-state index in [9.17, 15) is 4.39 Å². The Morgan fingerprint density at radius 1 is 1.41 bits per heavy atom. The summed E-state index contributed by atoms with van der Waals surface area (Å²) in [5.74, 6) is 0.674. The van der Waals surface area contributed by atoms with Gasteiger partial charge in [0.05, 0.1) is 0 Å². The fourth-order valence-electron chi connectivity index (χ4n) is 2.58. The molecule has 2 rings (SSSR count). The lowest BCUT2D eigenvalue weighted by Crippen LogP contribution is -2.35. The molecular formula is C14H19BrFN. The smallest absolute Gasteiger partial charge is 0.123 e. The van der Waals surface area contributed by atoms with Gasteiger partial charge in [-0.05, 0) is 49.4 Å². The van der Waals surface area contributed by atoms with Gasteiger partial charge in [-0.2, -0.15) is 0 Å². The van der Waals surface area contributed by atoms with Crippen molar-refractivity contribution < 1.29 is 4.39 Å². The van der Waals surface area contributed by atoms with Crippen LogP contribution in [0.2, 0.25) is 0 Å². The molecule has 0 radical (unpaired) electrons. The largest absolute Gasteiger partial charge is 0.299 e. The van der Waals surface area contributed by atoms with E-state index in [1.807, 2.05) is 6.07 Å². The van der Waals surface area contributed by atoms with E-state index < -0.39 is 0 Å². The Balaban J connectivity index is 1.90. The van der Waals surface area contributed by atoms with E-state index >= 15 is 0 Å². The first-order chi connectivity index (χ1) is 8.28. The van der Waals surface area contributed by atoms with Gasteiger partial charge in [-0.15, -0.1) is 0 Å². The van der Waals surface area contributed by atoms with Crippen molar-refractivity contribution in [1.82, 2.24) is 4.90 Å². The molecule has 0 saturated carbocycles. The van der Waals surface area contributed by atoms with Crippen LogP contribution in [0, 0.1) is 11.7 Å². The topological polar surface area (TPSA) is 3.24 Å². The summed E-state index contributed by atoms with van der Waals surface area (Å²) < 4.78 is 13.1. The molecule has 1 saturated heterocycles. The van der Waals surface area contributed by atoms with Gasteiger partial charge in [0.2, 0.25) is 0 Å². The van der Waals surface area contributed by atoms with Crippen molar-refractivity contribution >= 4 is 15.9 Å². The Morgan fingerprint density at radius 2 is 2.29 bits per heavy atom. The molecular weight excluding hydrogens is 281 g/mol. The van der Waals surface area contributed by atoms with Crippen LogP contribution in [-0.4, -0.2) is 23.3 Å². The summed E-state index contributed by atoms with van der Waals surface area (Å²) >= 11 is 3.51. The van der Waals surface area contributed by atoms with Crippen LogP contribution < -0.4 is 0 Å². The second-order valence-corrected chi connectivity index (χ2v) is 5.64. The van der Waals surface area contributed by atoms with E-state index in [0.717, 1.165) is 36.4 Å². The highest BCUT2D eigenvalue weighted by Gasteiger charge is 2.19. The van der Waals surface area contributed by atoms with E-state index in [1.54, 1.807) is 12.1 Å². The molecule has 1 aliphatic heterocycles. The Morgan fingerprint density at radius 3 is 3.06 bits per heavy atom. The van der Waals surface area contributed by atoms with Crippen molar-refractivity contribution in [3.05, 3.63) is 35.6 Å². The minimum Gasteiger partial charge on any atom is -0.299 e. The predicted molar refractivity (Wildman–Crippen MR) is 72.8 cm³/mol. The summed E-state index contributed by atoms with van der Waals surface area (Å²) in [6, 6.07) is 6.96. The van der Waals surface area contributed by atoms with Gasteiger partial charge < -0.3 is 0 Å². The summed E-state index contributed by atoms with van der Waals surface area (Å²) in [6.45, 7) is 3.19. The van der Waals surface area contributed by atoms with Gasteiger partial charge in [0.25, 0.3) is 0 Å². The number of likely N-dealkylation sites (tertiary alicyclic amines) is 1. The molecule has 17 heavy (non-hydrogen) atoms. The molecule has 0 amide bonds. The highest BCUT2D eigenvalue weighted by atomic mass is 79.9. The molecule has 1 aromatic rings. The van der Waals surface area contributed by atoms with Gasteiger partial charge in [-0.1, -0.05) is 28.1 Å². The maximum Gasteiger partial charge on any atom is 0.123 e. The molecule has 94 valence electrons. The summed E-state index contributed by atoms with van der Waals surface area (Å²) in [6.07, 6.45) is 3.86. The highest BCUT2D eigenvalue weighted by molar-refractivity contribution is 9.09. The van der Waals surface area contributed by atoms with Crippen molar-refractivity contribution in [2.24, 2.45) is 5.92 Å². The molecule has 1 atom stereocenters. The number of halogens is 2. The van der Waals surface area contributed by atoms with Gasteiger partial charge in [-0.25, -0.2) is 4.39 Å². The van der Waals surface area contributed by atoms with Crippen LogP contribution in [0.3, 0.4) is 0 Å². The van der Waals surface area contributed by atoms with Crippen LogP contribution in [0.15, 0.2) is 24.3 Å². The second-order valence-electron chi connectivity index (χ2n) is 4.85. The molecule has 3 heteroatoms. The molecule has 1 aromatic carbocycles. The summed E-state index contributed by atoms with van der Waals surface area (Å²) in [7, 11) is 0. The van der Waals surface area contributed by atoms with Gasteiger partial charge in [0.1, 0.15) is 5.82 Å². The molecule has 0 spiro atoms. The van der Waals surface area contributed by atoms with Crippen LogP contribution in [0.5, 0.6) is 0 Å². The third kappa shape index (κ3) is 4.07. The lowest BCUT2D eigenvalue weighted by atomic mass is 9.95. The fraction of sp³-hybridized carbons (Fsp3) is 0.571. The van der Waals surface area contributed by atoms with Crippen LogP contribution in [0.25, 0.3) is 0 Å². The number of hydrogen-bond acceptors (Lipinski definition) is 1. The van der Waals surface area contributed by atoms with Crippen molar-refractivity contribution in [2.45, 2.75) is 25.8 Å². The highest BCUT2D eigenvalue weighted by Crippen LogP contribution is 2.21. The Kier molecular flexibility index (Phi) is 4.99. The van der Waals surface area contributed by atoms with Crippen LogP contribution in [-0.2, 0) is 6.54 Å². The normalized spacial score (nSPS) is 21.6. The van der Waals surface area contributed by atoms with E-state index in [4.69, 9.17) is 0 Å². The zero-order valence-electron chi connectivity index (χ0n) is 10.0. The molecule has 1 nitrogen and oxygen atoms in total. The maximum atomic E-state index is 13.1. The second kappa shape index (κ2) is 6.50. The Hall–Kier alpha value is -0.410. The van der Waals surface area contributed by atoms with Gasteiger partial charge in [0.15, 0.2) is 0 Å². The number of benzene rings is 1. The first kappa shape index (κ1) is 13.0. The van der Waals surface area contributed by atoms with Crippen LogP contribution in [0.4, 0.5) is 4.39 Å². The lowest BCUT2D eigenvalue weighted by molar-refractivity contribution is 0.165. The monoisotopic (exact) mass is 299 g/mol. The number of nitrogens with zero attached hydrogens (tertiary/aromatic N) is 1. The summed E-state index contributed by atoms with van der Waals surface area (Å²) in [5, 5.41) is 1.09. The van der Waals surface area contributed by atoms with E-state index in [1.165, 1.54) is 25.3 Å². The molecule has 1 unspecified atom stereocenters. The number of piperidine rings is 1. The van der Waals surface area contributed by atoms with E-state index in [0.29, 0.717) is 0 Å². The summed E-state index contributed by atoms with van der Waals surface area (Å²) in [4.78, 5) is 2.45. The third-order valence-corrected chi connectivity index (χ3v) is 3.87. The molecule has 0 N–H and O–H groups in total. The number of hydrogen-bond donors (Lipinski definition) is 0. The number of alkyl halides is 1. The zero-order chi connectivity index (χ0) is 12.1. The average molecular weight is 300 g/mol. The molecule has 1 aliphatic rings. The average Bonchev–Trinajstić information content (AvgIpc) is 2.30.